The van der Waals surface area contributed by atoms with E-state index in [-0.39, 0.29) is 12.2 Å². The molecular formula is C8H14N6O3. The van der Waals surface area contributed by atoms with Crippen molar-refractivity contribution in [1.82, 2.24) is 20.3 Å². The molecule has 17 heavy (non-hydrogen) atoms. The van der Waals surface area contributed by atoms with Crippen LogP contribution in [-0.4, -0.2) is 51.1 Å². The van der Waals surface area contributed by atoms with Gasteiger partial charge in [0.15, 0.2) is 5.69 Å². The van der Waals surface area contributed by atoms with Crippen LogP contribution in [0, 0.1) is 0 Å². The van der Waals surface area contributed by atoms with E-state index in [1.54, 1.807) is 0 Å². The second kappa shape index (κ2) is 5.92. The number of carbonyl (C=O) groups is 2. The van der Waals surface area contributed by atoms with Gasteiger partial charge in [0.25, 0.3) is 5.91 Å². The number of hydrogen-bond acceptors (Lipinski definition) is 6. The smallest absolute Gasteiger partial charge is 0.273 e. The third-order valence-corrected chi connectivity index (χ3v) is 1.91. The Morgan fingerprint density at radius 2 is 2.29 bits per heavy atom. The molecule has 0 bridgehead atoms. The van der Waals surface area contributed by atoms with Crippen LogP contribution < -0.4 is 16.8 Å². The minimum atomic E-state index is -1.42. The first kappa shape index (κ1) is 13.1. The summed E-state index contributed by atoms with van der Waals surface area (Å²) in [4.78, 5) is 22.0. The number of nitrogens with zero attached hydrogens (tertiary/aromatic N) is 3. The van der Waals surface area contributed by atoms with Crippen molar-refractivity contribution in [3.63, 3.8) is 0 Å². The number of aliphatic hydroxyl groups excluding tert-OH is 1. The molecule has 0 aliphatic heterocycles. The van der Waals surface area contributed by atoms with Crippen LogP contribution in [0.2, 0.25) is 0 Å². The van der Waals surface area contributed by atoms with Crippen molar-refractivity contribution in [2.24, 2.45) is 11.5 Å². The highest BCUT2D eigenvalue weighted by molar-refractivity contribution is 5.92. The minimum absolute atomic E-state index is 0.0788. The van der Waals surface area contributed by atoms with Crippen molar-refractivity contribution in [2.45, 2.75) is 12.6 Å². The van der Waals surface area contributed by atoms with E-state index in [0.717, 1.165) is 0 Å². The zero-order chi connectivity index (χ0) is 12.8. The van der Waals surface area contributed by atoms with E-state index in [1.165, 1.54) is 10.9 Å². The first-order chi connectivity index (χ1) is 8.04. The molecule has 1 atom stereocenters. The molecule has 1 unspecified atom stereocenters. The maximum absolute atomic E-state index is 11.5. The summed E-state index contributed by atoms with van der Waals surface area (Å²) in [6.45, 7) is 0.562. The van der Waals surface area contributed by atoms with Crippen LogP contribution in [0.25, 0.3) is 0 Å². The molecule has 1 aromatic heterocycles. The highest BCUT2D eigenvalue weighted by atomic mass is 16.3. The fourth-order valence-corrected chi connectivity index (χ4v) is 1.02. The number of amides is 2. The molecule has 0 fully saturated rings. The number of aromatic nitrogens is 3. The van der Waals surface area contributed by atoms with Crippen LogP contribution >= 0.6 is 0 Å². The quantitative estimate of drug-likeness (QED) is 0.413. The van der Waals surface area contributed by atoms with Crippen LogP contribution in [0.4, 0.5) is 0 Å². The minimum Gasteiger partial charge on any atom is -0.381 e. The van der Waals surface area contributed by atoms with Crippen molar-refractivity contribution >= 4 is 11.8 Å². The molecule has 2 amide bonds. The lowest BCUT2D eigenvalue weighted by atomic mass is 10.3. The van der Waals surface area contributed by atoms with Gasteiger partial charge in [-0.3, -0.25) is 14.3 Å². The molecule has 6 N–H and O–H groups in total. The largest absolute Gasteiger partial charge is 0.381 e. The number of aliphatic hydroxyl groups is 1. The predicted molar refractivity (Wildman–Crippen MR) is 56.6 cm³/mol. The Balaban J connectivity index is 2.49. The van der Waals surface area contributed by atoms with Crippen molar-refractivity contribution in [2.75, 3.05) is 13.1 Å². The van der Waals surface area contributed by atoms with Crippen LogP contribution in [-0.2, 0) is 11.3 Å². The topological polar surface area (TPSA) is 149 Å². The Bertz CT molecular complexity index is 404. The summed E-state index contributed by atoms with van der Waals surface area (Å²) in [5, 5.41) is 18.6. The Labute approximate surface area is 96.8 Å². The number of primary amides is 1. The lowest BCUT2D eigenvalue weighted by Gasteiger charge is -2.06. The highest BCUT2D eigenvalue weighted by Gasteiger charge is 2.15. The Kier molecular flexibility index (Phi) is 4.55. The zero-order valence-electron chi connectivity index (χ0n) is 9.04. The van der Waals surface area contributed by atoms with Crippen LogP contribution in [0.1, 0.15) is 10.5 Å². The van der Waals surface area contributed by atoms with E-state index in [0.29, 0.717) is 13.1 Å². The maximum atomic E-state index is 11.5. The number of hydrogen-bond donors (Lipinski definition) is 4. The van der Waals surface area contributed by atoms with Gasteiger partial charge in [-0.1, -0.05) is 5.21 Å². The van der Waals surface area contributed by atoms with E-state index < -0.39 is 17.9 Å². The van der Waals surface area contributed by atoms with Gasteiger partial charge in [-0.2, -0.15) is 0 Å². The van der Waals surface area contributed by atoms with E-state index in [9.17, 15) is 9.59 Å². The molecule has 0 spiro atoms. The summed E-state index contributed by atoms with van der Waals surface area (Å²) in [5.74, 6) is -1.45. The fraction of sp³-hybridized carbons (Fsp3) is 0.500. The molecular weight excluding hydrogens is 228 g/mol. The lowest BCUT2D eigenvalue weighted by molar-refractivity contribution is -0.125. The number of nitrogens with one attached hydrogen (secondary N) is 1. The van der Waals surface area contributed by atoms with Gasteiger partial charge in [0.05, 0.1) is 19.3 Å². The summed E-state index contributed by atoms with van der Waals surface area (Å²) < 4.78 is 1.42. The standard InChI is InChI=1S/C8H14N6O3/c9-1-2-14-4-5(12-13-14)8(17)11-3-6(15)7(10)16/h4,6,15H,1-3,9H2,(H2,10,16)(H,11,17). The molecule has 0 aliphatic rings. The molecule has 0 radical (unpaired) electrons. The number of carbonyl (C=O) groups excluding carboxylic acids is 2. The van der Waals surface area contributed by atoms with E-state index in [1.807, 2.05) is 0 Å². The van der Waals surface area contributed by atoms with Crippen molar-refractivity contribution in [3.05, 3.63) is 11.9 Å². The number of nitrogens with two attached hydrogens (primary N) is 2. The molecule has 9 heteroatoms. The molecule has 1 heterocycles. The summed E-state index contributed by atoms with van der Waals surface area (Å²) in [5.41, 5.74) is 10.2. The van der Waals surface area contributed by atoms with Crippen LogP contribution in [0.3, 0.4) is 0 Å². The average molecular weight is 242 g/mol. The van der Waals surface area contributed by atoms with Crippen molar-refractivity contribution in [1.29, 1.82) is 0 Å². The Morgan fingerprint density at radius 3 is 2.88 bits per heavy atom. The van der Waals surface area contributed by atoms with Gasteiger partial charge in [-0.25, -0.2) is 0 Å². The number of rotatable bonds is 6. The molecule has 94 valence electrons. The first-order valence-electron chi connectivity index (χ1n) is 4.90. The molecule has 1 rings (SSSR count). The van der Waals surface area contributed by atoms with Gasteiger partial charge in [0.2, 0.25) is 5.91 Å². The molecule has 0 aromatic carbocycles. The van der Waals surface area contributed by atoms with E-state index in [2.05, 4.69) is 15.6 Å². The summed E-state index contributed by atoms with van der Waals surface area (Å²) in [6, 6.07) is 0. The molecule has 0 saturated heterocycles. The van der Waals surface area contributed by atoms with E-state index >= 15 is 0 Å². The third kappa shape index (κ3) is 3.81. The van der Waals surface area contributed by atoms with Gasteiger partial charge in [0, 0.05) is 6.54 Å². The first-order valence-corrected chi connectivity index (χ1v) is 4.90. The summed E-state index contributed by atoms with van der Waals surface area (Å²) in [6.07, 6.45) is -0.00297. The maximum Gasteiger partial charge on any atom is 0.273 e. The van der Waals surface area contributed by atoms with Crippen LogP contribution in [0.15, 0.2) is 6.20 Å². The Hall–Kier alpha value is -2.00. The second-order valence-electron chi connectivity index (χ2n) is 3.28. The summed E-state index contributed by atoms with van der Waals surface area (Å²) >= 11 is 0. The van der Waals surface area contributed by atoms with Gasteiger partial charge < -0.3 is 21.9 Å². The van der Waals surface area contributed by atoms with E-state index in [4.69, 9.17) is 16.6 Å². The molecule has 1 aromatic rings. The van der Waals surface area contributed by atoms with Gasteiger partial charge in [0.1, 0.15) is 6.10 Å². The summed E-state index contributed by atoms with van der Waals surface area (Å²) in [7, 11) is 0. The molecule has 0 aliphatic carbocycles. The zero-order valence-corrected chi connectivity index (χ0v) is 9.04. The molecule has 9 nitrogen and oxygen atoms in total. The lowest BCUT2D eigenvalue weighted by Crippen LogP contribution is -2.40. The van der Waals surface area contributed by atoms with Crippen LogP contribution in [0.5, 0.6) is 0 Å². The Morgan fingerprint density at radius 1 is 1.59 bits per heavy atom. The monoisotopic (exact) mass is 242 g/mol. The fourth-order valence-electron chi connectivity index (χ4n) is 1.02. The average Bonchev–Trinajstić information content (AvgIpc) is 2.74. The predicted octanol–water partition coefficient (Wildman–Crippen LogP) is -3.19. The van der Waals surface area contributed by atoms with Gasteiger partial charge >= 0.3 is 0 Å². The van der Waals surface area contributed by atoms with Crippen molar-refractivity contribution in [3.8, 4) is 0 Å². The van der Waals surface area contributed by atoms with Gasteiger partial charge in [-0.15, -0.1) is 5.10 Å². The van der Waals surface area contributed by atoms with Gasteiger partial charge in [-0.05, 0) is 0 Å². The SMILES string of the molecule is NCCn1cc(C(=O)NCC(O)C(N)=O)nn1. The highest BCUT2D eigenvalue weighted by Crippen LogP contribution is 1.92. The molecule has 0 saturated carbocycles. The normalized spacial score (nSPS) is 12.1. The third-order valence-electron chi connectivity index (χ3n) is 1.91. The second-order valence-corrected chi connectivity index (χ2v) is 3.28. The van der Waals surface area contributed by atoms with Crippen molar-refractivity contribution < 1.29 is 14.7 Å².